The summed E-state index contributed by atoms with van der Waals surface area (Å²) in [5, 5.41) is 5.94. The molecule has 1 aromatic heterocycles. The number of hydrogen-bond acceptors (Lipinski definition) is 6. The normalized spacial score (nSPS) is 11.2. The number of benzene rings is 2. The van der Waals surface area contributed by atoms with E-state index in [4.69, 9.17) is 0 Å². The van der Waals surface area contributed by atoms with Crippen LogP contribution < -0.4 is 14.9 Å². The average molecular weight is 415 g/mol. The average Bonchev–Trinajstić information content (AvgIpc) is 2.63. The molecule has 3 rings (SSSR count). The van der Waals surface area contributed by atoms with Gasteiger partial charge in [0.2, 0.25) is 16.0 Å². The highest BCUT2D eigenvalue weighted by Gasteiger charge is 2.17. The smallest absolute Gasteiger partial charge is 0.232 e. The van der Waals surface area contributed by atoms with E-state index in [-0.39, 0.29) is 11.8 Å². The van der Waals surface area contributed by atoms with E-state index in [1.165, 1.54) is 7.05 Å². The Morgan fingerprint density at radius 2 is 1.69 bits per heavy atom. The third kappa shape index (κ3) is 5.00. The molecule has 29 heavy (non-hydrogen) atoms. The van der Waals surface area contributed by atoms with Crippen molar-refractivity contribution in [2.75, 3.05) is 28.2 Å². The van der Waals surface area contributed by atoms with Crippen molar-refractivity contribution in [1.82, 2.24) is 9.97 Å². The van der Waals surface area contributed by atoms with Gasteiger partial charge in [-0.25, -0.2) is 17.8 Å². The molecule has 2 aromatic carbocycles. The molecule has 1 heterocycles. The second-order valence-corrected chi connectivity index (χ2v) is 8.78. The predicted octanol–water partition coefficient (Wildman–Crippen LogP) is 4.12. The summed E-state index contributed by atoms with van der Waals surface area (Å²) in [6, 6.07) is 12.6. The fraction of sp³-hybridized carbons (Fsp3) is 0.200. The van der Waals surface area contributed by atoms with E-state index in [1.54, 1.807) is 24.3 Å². The SMILES string of the molecule is Cc1cc(C)cc(Nc2ncc(F)c(Nc3ccccc3N(C)S(C)(=O)=O)n2)c1. The zero-order valence-corrected chi connectivity index (χ0v) is 17.4. The van der Waals surface area contributed by atoms with Gasteiger partial charge in [-0.1, -0.05) is 18.2 Å². The van der Waals surface area contributed by atoms with Crippen LogP contribution in [-0.4, -0.2) is 31.7 Å². The van der Waals surface area contributed by atoms with E-state index in [0.717, 1.165) is 33.6 Å². The molecule has 7 nitrogen and oxygen atoms in total. The van der Waals surface area contributed by atoms with Gasteiger partial charge in [0.1, 0.15) is 0 Å². The molecule has 0 saturated carbocycles. The molecule has 3 aromatic rings. The van der Waals surface area contributed by atoms with Crippen LogP contribution in [0.5, 0.6) is 0 Å². The monoisotopic (exact) mass is 415 g/mol. The van der Waals surface area contributed by atoms with Crippen LogP contribution in [0.4, 0.5) is 33.2 Å². The van der Waals surface area contributed by atoms with Crippen molar-refractivity contribution in [2.24, 2.45) is 0 Å². The highest BCUT2D eigenvalue weighted by Crippen LogP contribution is 2.30. The van der Waals surface area contributed by atoms with E-state index in [0.29, 0.717) is 11.4 Å². The highest BCUT2D eigenvalue weighted by molar-refractivity contribution is 7.92. The van der Waals surface area contributed by atoms with Gasteiger partial charge in [0.15, 0.2) is 11.6 Å². The van der Waals surface area contributed by atoms with Gasteiger partial charge < -0.3 is 10.6 Å². The number of aryl methyl sites for hydroxylation is 2. The number of nitrogens with one attached hydrogen (secondary N) is 2. The first-order chi connectivity index (χ1) is 13.6. The van der Waals surface area contributed by atoms with Gasteiger partial charge in [-0.2, -0.15) is 4.98 Å². The van der Waals surface area contributed by atoms with Gasteiger partial charge in [0, 0.05) is 12.7 Å². The molecule has 0 fully saturated rings. The van der Waals surface area contributed by atoms with E-state index in [2.05, 4.69) is 20.6 Å². The van der Waals surface area contributed by atoms with Gasteiger partial charge >= 0.3 is 0 Å². The summed E-state index contributed by atoms with van der Waals surface area (Å²) in [5.74, 6) is -0.512. The molecule has 2 N–H and O–H groups in total. The fourth-order valence-electron chi connectivity index (χ4n) is 2.85. The van der Waals surface area contributed by atoms with Crippen molar-refractivity contribution >= 4 is 38.9 Å². The van der Waals surface area contributed by atoms with E-state index in [1.807, 2.05) is 32.0 Å². The first-order valence-corrected chi connectivity index (χ1v) is 10.7. The molecule has 0 aliphatic rings. The molecule has 0 amide bonds. The highest BCUT2D eigenvalue weighted by atomic mass is 32.2. The summed E-state index contributed by atoms with van der Waals surface area (Å²) in [5.41, 5.74) is 3.71. The largest absolute Gasteiger partial charge is 0.336 e. The molecule has 0 bridgehead atoms. The molecule has 9 heteroatoms. The molecular weight excluding hydrogens is 393 g/mol. The van der Waals surface area contributed by atoms with E-state index in [9.17, 15) is 12.8 Å². The standard InChI is InChI=1S/C20H22FN5O2S/c1-13-9-14(2)11-15(10-13)23-20-22-12-16(21)19(25-20)24-17-7-5-6-8-18(17)26(3)29(4,27)28/h5-12H,1-4H3,(H2,22,23,24,25). The Labute approximate surface area is 169 Å². The van der Waals surface area contributed by atoms with Crippen LogP contribution in [0.25, 0.3) is 0 Å². The van der Waals surface area contributed by atoms with E-state index >= 15 is 0 Å². The third-order valence-electron chi connectivity index (χ3n) is 4.22. The number of rotatable bonds is 6. The Kier molecular flexibility index (Phi) is 5.69. The van der Waals surface area contributed by atoms with Crippen LogP contribution in [-0.2, 0) is 10.0 Å². The molecule has 152 valence electrons. The van der Waals surface area contributed by atoms with Crippen molar-refractivity contribution in [3.05, 3.63) is 65.6 Å². The molecule has 0 radical (unpaired) electrons. The molecule has 0 aliphatic carbocycles. The van der Waals surface area contributed by atoms with Gasteiger partial charge in [-0.05, 0) is 49.2 Å². The van der Waals surface area contributed by atoms with Crippen molar-refractivity contribution in [3.8, 4) is 0 Å². The lowest BCUT2D eigenvalue weighted by Gasteiger charge is -2.20. The first kappa shape index (κ1) is 20.5. The Balaban J connectivity index is 1.92. The Hall–Kier alpha value is -3.20. The summed E-state index contributed by atoms with van der Waals surface area (Å²) in [7, 11) is -2.05. The molecule has 0 atom stereocenters. The second-order valence-electron chi connectivity index (χ2n) is 6.76. The zero-order chi connectivity index (χ0) is 21.2. The van der Waals surface area contributed by atoms with Crippen LogP contribution in [0, 0.1) is 19.7 Å². The van der Waals surface area contributed by atoms with Crippen LogP contribution >= 0.6 is 0 Å². The van der Waals surface area contributed by atoms with Crippen molar-refractivity contribution in [1.29, 1.82) is 0 Å². The maximum Gasteiger partial charge on any atom is 0.232 e. The van der Waals surface area contributed by atoms with Crippen molar-refractivity contribution < 1.29 is 12.8 Å². The van der Waals surface area contributed by atoms with Crippen molar-refractivity contribution in [3.63, 3.8) is 0 Å². The second kappa shape index (κ2) is 8.04. The number of aromatic nitrogens is 2. The minimum absolute atomic E-state index is 0.0683. The molecular formula is C20H22FN5O2S. The summed E-state index contributed by atoms with van der Waals surface area (Å²) >= 11 is 0. The van der Waals surface area contributed by atoms with Gasteiger partial charge in [0.25, 0.3) is 0 Å². The predicted molar refractivity (Wildman–Crippen MR) is 114 cm³/mol. The van der Waals surface area contributed by atoms with Crippen molar-refractivity contribution in [2.45, 2.75) is 13.8 Å². The third-order valence-corrected chi connectivity index (χ3v) is 5.41. The number of hydrogen-bond donors (Lipinski definition) is 2. The number of halogens is 1. The fourth-order valence-corrected chi connectivity index (χ4v) is 3.37. The van der Waals surface area contributed by atoms with Crippen LogP contribution in [0.3, 0.4) is 0 Å². The molecule has 0 aliphatic heterocycles. The van der Waals surface area contributed by atoms with E-state index < -0.39 is 15.8 Å². The number of anilines is 5. The van der Waals surface area contributed by atoms with Gasteiger partial charge in [0.05, 0.1) is 23.8 Å². The first-order valence-electron chi connectivity index (χ1n) is 8.81. The van der Waals surface area contributed by atoms with Gasteiger partial charge in [-0.3, -0.25) is 4.31 Å². The Morgan fingerprint density at radius 1 is 1.03 bits per heavy atom. The minimum Gasteiger partial charge on any atom is -0.336 e. The zero-order valence-electron chi connectivity index (χ0n) is 16.6. The summed E-state index contributed by atoms with van der Waals surface area (Å²) in [6.45, 7) is 3.96. The lowest BCUT2D eigenvalue weighted by molar-refractivity contribution is 0.600. The molecule has 0 unspecified atom stereocenters. The maximum absolute atomic E-state index is 14.3. The quantitative estimate of drug-likeness (QED) is 0.630. The Bertz CT molecular complexity index is 1130. The summed E-state index contributed by atoms with van der Waals surface area (Å²) < 4.78 is 39.3. The topological polar surface area (TPSA) is 87.2 Å². The molecule has 0 saturated heterocycles. The number of sulfonamides is 1. The summed E-state index contributed by atoms with van der Waals surface area (Å²) in [6.07, 6.45) is 2.16. The van der Waals surface area contributed by atoms with Gasteiger partial charge in [-0.15, -0.1) is 0 Å². The van der Waals surface area contributed by atoms with Crippen LogP contribution in [0.1, 0.15) is 11.1 Å². The van der Waals surface area contributed by atoms with Crippen LogP contribution in [0.15, 0.2) is 48.7 Å². The van der Waals surface area contributed by atoms with Crippen LogP contribution in [0.2, 0.25) is 0 Å². The maximum atomic E-state index is 14.3. The lowest BCUT2D eigenvalue weighted by atomic mass is 10.1. The molecule has 0 spiro atoms. The number of nitrogens with zero attached hydrogens (tertiary/aromatic N) is 3. The summed E-state index contributed by atoms with van der Waals surface area (Å²) in [4.78, 5) is 8.20. The Morgan fingerprint density at radius 3 is 2.34 bits per heavy atom. The number of para-hydroxylation sites is 2. The lowest BCUT2D eigenvalue weighted by Crippen LogP contribution is -2.25. The minimum atomic E-state index is -3.48.